The second-order valence-electron chi connectivity index (χ2n) is 7.33. The molecule has 3 heterocycles. The van der Waals surface area contributed by atoms with Gasteiger partial charge in [-0.3, -0.25) is 14.4 Å². The molecule has 0 radical (unpaired) electrons. The number of carbonyl (C=O) groups excluding carboxylic acids is 2. The number of nitrogens with one attached hydrogen (secondary N) is 2. The fourth-order valence-electron chi connectivity index (χ4n) is 3.54. The third kappa shape index (κ3) is 4.21. The van der Waals surface area contributed by atoms with E-state index in [4.69, 9.17) is 13.0 Å². The zero-order valence-corrected chi connectivity index (χ0v) is 18.7. The first-order valence-corrected chi connectivity index (χ1v) is 10.2. The Morgan fingerprint density at radius 1 is 1.24 bits per heavy atom. The highest BCUT2D eigenvalue weighted by atomic mass is 16.5. The number of benzene rings is 1. The number of methoxy groups -OCH3 is 1. The second kappa shape index (κ2) is 9.33. The Bertz CT molecular complexity index is 1410. The number of para-hydroxylation sites is 1. The molecule has 1 aliphatic rings. The lowest BCUT2D eigenvalue weighted by Gasteiger charge is -2.21. The van der Waals surface area contributed by atoms with Crippen LogP contribution in [0, 0.1) is 0 Å². The van der Waals surface area contributed by atoms with Crippen molar-refractivity contribution in [2.24, 2.45) is 7.05 Å². The van der Waals surface area contributed by atoms with E-state index in [-0.39, 0.29) is 30.3 Å². The maximum Gasteiger partial charge on any atom is 0.326 e. The molecule has 1 aromatic carbocycles. The lowest BCUT2D eigenvalue weighted by atomic mass is 10.1. The quantitative estimate of drug-likeness (QED) is 0.535. The summed E-state index contributed by atoms with van der Waals surface area (Å²) in [5, 5.41) is 17.9. The maximum absolute atomic E-state index is 13.2. The van der Waals surface area contributed by atoms with Gasteiger partial charge < -0.3 is 20.3 Å². The number of aryl methyl sites for hydroxylation is 1. The van der Waals surface area contributed by atoms with Gasteiger partial charge in [-0.05, 0) is 25.8 Å². The van der Waals surface area contributed by atoms with Gasteiger partial charge in [0.15, 0.2) is 23.1 Å². The normalized spacial score (nSPS) is 16.9. The Balaban J connectivity index is 1.73. The summed E-state index contributed by atoms with van der Waals surface area (Å²) in [6.45, 7) is -6.08. The maximum atomic E-state index is 13.2. The van der Waals surface area contributed by atoms with Crippen molar-refractivity contribution in [2.75, 3.05) is 37.5 Å². The van der Waals surface area contributed by atoms with Crippen LogP contribution in [0.1, 0.15) is 32.4 Å². The van der Waals surface area contributed by atoms with Gasteiger partial charge in [-0.2, -0.15) is 5.10 Å². The third-order valence-electron chi connectivity index (χ3n) is 5.18. The molecule has 2 aromatic heterocycles. The Kier molecular flexibility index (Phi) is 4.50. The van der Waals surface area contributed by atoms with E-state index in [1.807, 2.05) is 0 Å². The van der Waals surface area contributed by atoms with E-state index in [1.165, 1.54) is 31.2 Å². The standard InChI is InChI=1S/C22H27N9O3/c1-13(2)30-9-10-31(22(30)33)17-11-16(18(27-26-17)21(32)23-3)25-15-8-6-7-14(19(15)34-5)20-24-12-29(4)28-20/h6-8,11-13H,9-10H2,1-5H3,(H,23,32)(H,25,26)/i1D3,2D3. The molecule has 1 fully saturated rings. The number of amides is 3. The summed E-state index contributed by atoms with van der Waals surface area (Å²) < 4.78 is 53.4. The lowest BCUT2D eigenvalue weighted by molar-refractivity contribution is 0.0958. The first kappa shape index (κ1) is 16.4. The number of anilines is 3. The van der Waals surface area contributed by atoms with Crippen LogP contribution in [0.5, 0.6) is 5.75 Å². The van der Waals surface area contributed by atoms with Crippen LogP contribution in [-0.2, 0) is 7.05 Å². The van der Waals surface area contributed by atoms with E-state index >= 15 is 0 Å². The molecule has 0 spiro atoms. The lowest BCUT2D eigenvalue weighted by Crippen LogP contribution is -2.36. The summed E-state index contributed by atoms with van der Waals surface area (Å²) in [6, 6.07) is 3.73. The molecule has 1 saturated heterocycles. The van der Waals surface area contributed by atoms with Gasteiger partial charge in [-0.25, -0.2) is 9.78 Å². The van der Waals surface area contributed by atoms with E-state index in [2.05, 4.69) is 30.9 Å². The zero-order valence-electron chi connectivity index (χ0n) is 24.7. The molecule has 1 aliphatic heterocycles. The van der Waals surface area contributed by atoms with Gasteiger partial charge in [0.25, 0.3) is 5.91 Å². The molecule has 178 valence electrons. The van der Waals surface area contributed by atoms with Crippen molar-refractivity contribution in [3.8, 4) is 17.1 Å². The van der Waals surface area contributed by atoms with Gasteiger partial charge in [0.2, 0.25) is 0 Å². The van der Waals surface area contributed by atoms with Gasteiger partial charge in [0, 0.05) is 47.5 Å². The number of carbonyl (C=O) groups is 2. The number of ether oxygens (including phenoxy) is 1. The molecule has 0 atom stereocenters. The predicted octanol–water partition coefficient (Wildman–Crippen LogP) is 2.03. The highest BCUT2D eigenvalue weighted by Gasteiger charge is 2.33. The molecular weight excluding hydrogens is 438 g/mol. The van der Waals surface area contributed by atoms with E-state index in [9.17, 15) is 9.59 Å². The zero-order chi connectivity index (χ0) is 29.4. The fourth-order valence-corrected chi connectivity index (χ4v) is 3.54. The number of rotatable bonds is 7. The molecule has 4 rings (SSSR count). The number of aromatic nitrogens is 5. The van der Waals surface area contributed by atoms with Gasteiger partial charge in [0.05, 0.1) is 24.0 Å². The first-order chi connectivity index (χ1) is 18.8. The van der Waals surface area contributed by atoms with Crippen LogP contribution in [0.2, 0.25) is 0 Å². The predicted molar refractivity (Wildman–Crippen MR) is 126 cm³/mol. The van der Waals surface area contributed by atoms with Crippen molar-refractivity contribution in [1.29, 1.82) is 0 Å². The van der Waals surface area contributed by atoms with Crippen LogP contribution in [0.4, 0.5) is 22.0 Å². The van der Waals surface area contributed by atoms with E-state index in [1.54, 1.807) is 25.2 Å². The molecule has 0 saturated carbocycles. The SMILES string of the molecule is [2H]C([2H])([2H])C(N1CCN(c2cc(Nc3cccc(-c4ncn(C)n4)c3OC)c(C(=O)NC)nn2)C1=O)C([2H])([2H])[2H]. The molecule has 12 nitrogen and oxygen atoms in total. The summed E-state index contributed by atoms with van der Waals surface area (Å²) in [5.41, 5.74) is 1.06. The Morgan fingerprint density at radius 2 is 2.06 bits per heavy atom. The smallest absolute Gasteiger partial charge is 0.326 e. The highest BCUT2D eigenvalue weighted by molar-refractivity contribution is 6.00. The molecule has 3 amide bonds. The van der Waals surface area contributed by atoms with Crippen molar-refractivity contribution in [2.45, 2.75) is 19.7 Å². The van der Waals surface area contributed by atoms with Gasteiger partial charge in [-0.1, -0.05) is 6.07 Å². The van der Waals surface area contributed by atoms with Crippen LogP contribution >= 0.6 is 0 Å². The average Bonchev–Trinajstić information content (AvgIpc) is 3.47. The molecule has 0 unspecified atom stereocenters. The van der Waals surface area contributed by atoms with Crippen LogP contribution in [0.3, 0.4) is 0 Å². The number of hydrogen-bond acceptors (Lipinski definition) is 8. The van der Waals surface area contributed by atoms with Crippen molar-refractivity contribution in [3.63, 3.8) is 0 Å². The first-order valence-electron chi connectivity index (χ1n) is 13.2. The summed E-state index contributed by atoms with van der Waals surface area (Å²) in [7, 11) is 4.61. The molecule has 0 aliphatic carbocycles. The average molecular weight is 472 g/mol. The van der Waals surface area contributed by atoms with Crippen molar-refractivity contribution >= 4 is 29.1 Å². The number of urea groups is 1. The van der Waals surface area contributed by atoms with Crippen LogP contribution in [0.15, 0.2) is 30.6 Å². The Morgan fingerprint density at radius 3 is 2.74 bits per heavy atom. The van der Waals surface area contributed by atoms with Crippen LogP contribution in [-0.4, -0.2) is 75.1 Å². The van der Waals surface area contributed by atoms with Gasteiger partial charge in [-0.15, -0.1) is 10.2 Å². The fraction of sp³-hybridized carbons (Fsp3) is 0.364. The van der Waals surface area contributed by atoms with Crippen LogP contribution in [0.25, 0.3) is 11.4 Å². The van der Waals surface area contributed by atoms with E-state index in [0.717, 1.165) is 9.80 Å². The molecule has 2 N–H and O–H groups in total. The number of hydrogen-bond donors (Lipinski definition) is 2. The Labute approximate surface area is 205 Å². The van der Waals surface area contributed by atoms with E-state index in [0.29, 0.717) is 22.8 Å². The molecule has 3 aromatic rings. The second-order valence-corrected chi connectivity index (χ2v) is 7.33. The third-order valence-corrected chi connectivity index (χ3v) is 5.18. The van der Waals surface area contributed by atoms with E-state index < -0.39 is 31.7 Å². The highest BCUT2D eigenvalue weighted by Crippen LogP contribution is 2.37. The minimum Gasteiger partial charge on any atom is -0.494 e. The minimum atomic E-state index is -2.94. The van der Waals surface area contributed by atoms with Crippen molar-refractivity contribution < 1.29 is 22.6 Å². The summed E-state index contributed by atoms with van der Waals surface area (Å²) in [5.74, 6) is 0.196. The van der Waals surface area contributed by atoms with Gasteiger partial charge >= 0.3 is 6.03 Å². The van der Waals surface area contributed by atoms with Crippen molar-refractivity contribution in [1.82, 2.24) is 35.2 Å². The molecular formula is C22H27N9O3. The van der Waals surface area contributed by atoms with Crippen molar-refractivity contribution in [3.05, 3.63) is 36.3 Å². The largest absolute Gasteiger partial charge is 0.494 e. The van der Waals surface area contributed by atoms with Gasteiger partial charge in [0.1, 0.15) is 6.33 Å². The molecule has 12 heteroatoms. The summed E-state index contributed by atoms with van der Waals surface area (Å²) in [4.78, 5) is 32.0. The summed E-state index contributed by atoms with van der Waals surface area (Å²) >= 11 is 0. The Hall–Kier alpha value is -4.22. The molecule has 0 bridgehead atoms. The minimum absolute atomic E-state index is 0.0148. The topological polar surface area (TPSA) is 130 Å². The monoisotopic (exact) mass is 471 g/mol. The van der Waals surface area contributed by atoms with Crippen LogP contribution < -0.4 is 20.3 Å². The molecule has 34 heavy (non-hydrogen) atoms. The summed E-state index contributed by atoms with van der Waals surface area (Å²) in [6.07, 6.45) is 1.54. The number of nitrogens with zero attached hydrogens (tertiary/aromatic N) is 7.